The van der Waals surface area contributed by atoms with Crippen LogP contribution in [-0.2, 0) is 0 Å². The molecule has 5 N–H and O–H groups in total. The maximum atomic E-state index is 13.4. The van der Waals surface area contributed by atoms with Crippen molar-refractivity contribution in [3.05, 3.63) is 33.6 Å². The molecule has 100 valence electrons. The minimum atomic E-state index is -1.44. The van der Waals surface area contributed by atoms with Crippen LogP contribution in [0.5, 0.6) is 0 Å². The third-order valence-electron chi connectivity index (χ3n) is 2.45. The van der Waals surface area contributed by atoms with E-state index in [0.717, 1.165) is 12.1 Å². The number of aliphatic hydroxyl groups is 2. The van der Waals surface area contributed by atoms with Gasteiger partial charge in [0.15, 0.2) is 5.82 Å². The monoisotopic (exact) mass is 259 g/mol. The smallest absolute Gasteiger partial charge is 0.295 e. The lowest BCUT2D eigenvalue weighted by Crippen LogP contribution is -2.29. The number of hydrogen-bond acceptors (Lipinski definition) is 6. The first-order valence-corrected chi connectivity index (χ1v) is 5.12. The van der Waals surface area contributed by atoms with Crippen molar-refractivity contribution < 1.29 is 19.5 Å². The van der Waals surface area contributed by atoms with Crippen molar-refractivity contribution >= 4 is 11.4 Å². The molecular formula is C10H14FN3O4. The highest BCUT2D eigenvalue weighted by Gasteiger charge is 2.24. The van der Waals surface area contributed by atoms with Gasteiger partial charge < -0.3 is 21.3 Å². The highest BCUT2D eigenvalue weighted by atomic mass is 19.1. The third-order valence-corrected chi connectivity index (χ3v) is 2.45. The normalized spacial score (nSPS) is 14.2. The summed E-state index contributed by atoms with van der Waals surface area (Å²) in [5.41, 5.74) is 3.88. The molecule has 0 aliphatic rings. The lowest BCUT2D eigenvalue weighted by atomic mass is 10.0. The topological polar surface area (TPSA) is 122 Å². The number of nitrogens with zero attached hydrogens (tertiary/aromatic N) is 1. The molecule has 0 aliphatic carbocycles. The van der Waals surface area contributed by atoms with Crippen LogP contribution in [0.3, 0.4) is 0 Å². The van der Waals surface area contributed by atoms with Gasteiger partial charge in [0.2, 0.25) is 0 Å². The van der Waals surface area contributed by atoms with Crippen molar-refractivity contribution in [3.8, 4) is 0 Å². The Balaban J connectivity index is 3.14. The van der Waals surface area contributed by atoms with Gasteiger partial charge in [0.1, 0.15) is 11.8 Å². The molecule has 18 heavy (non-hydrogen) atoms. The summed E-state index contributed by atoms with van der Waals surface area (Å²) in [6.07, 6.45) is -2.65. The van der Waals surface area contributed by atoms with E-state index >= 15 is 0 Å². The Labute approximate surface area is 102 Å². The Morgan fingerprint density at radius 2 is 2.17 bits per heavy atom. The molecule has 2 unspecified atom stereocenters. The van der Waals surface area contributed by atoms with Gasteiger partial charge >= 0.3 is 0 Å². The number of halogens is 1. The van der Waals surface area contributed by atoms with Gasteiger partial charge in [-0.25, -0.2) is 4.39 Å². The average molecular weight is 259 g/mol. The fourth-order valence-corrected chi connectivity index (χ4v) is 1.49. The number of nitrogens with two attached hydrogens (primary N) is 1. The van der Waals surface area contributed by atoms with Crippen LogP contribution in [0.25, 0.3) is 0 Å². The van der Waals surface area contributed by atoms with Crippen LogP contribution in [0.1, 0.15) is 11.7 Å². The zero-order valence-corrected chi connectivity index (χ0v) is 9.63. The Morgan fingerprint density at radius 3 is 2.67 bits per heavy atom. The van der Waals surface area contributed by atoms with Crippen molar-refractivity contribution in [3.63, 3.8) is 0 Å². The van der Waals surface area contributed by atoms with E-state index in [4.69, 9.17) is 5.73 Å². The van der Waals surface area contributed by atoms with Gasteiger partial charge in [-0.3, -0.25) is 10.1 Å². The molecule has 0 saturated carbocycles. The predicted molar refractivity (Wildman–Crippen MR) is 62.4 cm³/mol. The molecule has 0 fully saturated rings. The molecule has 0 aromatic heterocycles. The van der Waals surface area contributed by atoms with E-state index in [2.05, 4.69) is 5.32 Å². The van der Waals surface area contributed by atoms with Gasteiger partial charge in [-0.2, -0.15) is 0 Å². The number of nitrogens with one attached hydrogen (secondary N) is 1. The van der Waals surface area contributed by atoms with Gasteiger partial charge in [0, 0.05) is 12.6 Å². The summed E-state index contributed by atoms with van der Waals surface area (Å²) in [6, 6.07) is 1.81. The zero-order chi connectivity index (χ0) is 13.9. The summed E-state index contributed by atoms with van der Waals surface area (Å²) in [5, 5.41) is 32.5. The molecule has 0 spiro atoms. The lowest BCUT2D eigenvalue weighted by Gasteiger charge is -2.18. The number of benzene rings is 1. The van der Waals surface area contributed by atoms with Gasteiger partial charge in [0.05, 0.1) is 11.0 Å². The average Bonchev–Trinajstić information content (AvgIpc) is 2.31. The number of hydrogen-bond donors (Lipinski definition) is 4. The Kier molecular flexibility index (Phi) is 4.54. The lowest BCUT2D eigenvalue weighted by molar-refractivity contribution is -0.384. The largest absolute Gasteiger partial charge is 0.391 e. The fourth-order valence-electron chi connectivity index (χ4n) is 1.49. The number of nitro groups is 1. The number of anilines is 1. The molecule has 0 radical (unpaired) electrons. The number of likely N-dealkylation sites (N-methyl/N-ethyl adjacent to an activating group) is 1. The Hall–Kier alpha value is -1.77. The van der Waals surface area contributed by atoms with E-state index in [1.165, 1.54) is 0 Å². The fraction of sp³-hybridized carbons (Fsp3) is 0.400. The molecule has 7 nitrogen and oxygen atoms in total. The van der Waals surface area contributed by atoms with E-state index in [1.807, 2.05) is 0 Å². The molecule has 8 heteroatoms. The Morgan fingerprint density at radius 1 is 1.56 bits per heavy atom. The molecule has 1 aromatic rings. The van der Waals surface area contributed by atoms with Gasteiger partial charge in [-0.15, -0.1) is 0 Å². The molecular weight excluding hydrogens is 245 g/mol. The maximum Gasteiger partial charge on any atom is 0.295 e. The maximum absolute atomic E-state index is 13.4. The highest BCUT2D eigenvalue weighted by Crippen LogP contribution is 2.29. The number of nitro benzene ring substituents is 1. The molecule has 1 aromatic carbocycles. The van der Waals surface area contributed by atoms with Crippen LogP contribution in [0.2, 0.25) is 0 Å². The summed E-state index contributed by atoms with van der Waals surface area (Å²) in [7, 11) is 1.56. The minimum Gasteiger partial charge on any atom is -0.391 e. The van der Waals surface area contributed by atoms with Crippen LogP contribution >= 0.6 is 0 Å². The van der Waals surface area contributed by atoms with E-state index in [-0.39, 0.29) is 12.1 Å². The molecule has 0 aliphatic heterocycles. The van der Waals surface area contributed by atoms with Gasteiger partial charge in [-0.1, -0.05) is 0 Å². The summed E-state index contributed by atoms with van der Waals surface area (Å²) >= 11 is 0. The third kappa shape index (κ3) is 2.92. The first-order chi connectivity index (χ1) is 8.38. The number of nitrogen functional groups attached to an aromatic ring is 1. The van der Waals surface area contributed by atoms with Crippen LogP contribution in [0.4, 0.5) is 15.8 Å². The van der Waals surface area contributed by atoms with Crippen LogP contribution in [0.15, 0.2) is 12.1 Å². The quantitative estimate of drug-likeness (QED) is 0.333. The van der Waals surface area contributed by atoms with Crippen molar-refractivity contribution in [1.29, 1.82) is 0 Å². The summed E-state index contributed by atoms with van der Waals surface area (Å²) < 4.78 is 13.4. The number of aliphatic hydroxyl groups excluding tert-OH is 2. The standard InChI is InChI=1S/C10H14FN3O4/c1-13-4-8(15)10(16)5-2-6(11)9(12)7(3-5)14(17)18/h2-3,8,10,13,15-16H,4,12H2,1H3. The van der Waals surface area contributed by atoms with Crippen molar-refractivity contribution in [2.24, 2.45) is 0 Å². The molecule has 0 heterocycles. The van der Waals surface area contributed by atoms with E-state index in [0.29, 0.717) is 0 Å². The molecule has 1 rings (SSSR count). The van der Waals surface area contributed by atoms with E-state index in [1.54, 1.807) is 7.05 Å². The summed E-state index contributed by atoms with van der Waals surface area (Å²) in [5.74, 6) is -1.00. The second-order valence-corrected chi connectivity index (χ2v) is 3.76. The summed E-state index contributed by atoms with van der Waals surface area (Å²) in [6.45, 7) is 0.0565. The molecule has 0 saturated heterocycles. The van der Waals surface area contributed by atoms with Gasteiger partial charge in [0.25, 0.3) is 5.69 Å². The summed E-state index contributed by atoms with van der Waals surface area (Å²) in [4.78, 5) is 9.80. The van der Waals surface area contributed by atoms with E-state index < -0.39 is 34.3 Å². The van der Waals surface area contributed by atoms with Crippen molar-refractivity contribution in [1.82, 2.24) is 5.32 Å². The Bertz CT molecular complexity index is 455. The minimum absolute atomic E-state index is 0.0565. The van der Waals surface area contributed by atoms with Crippen molar-refractivity contribution in [2.45, 2.75) is 12.2 Å². The SMILES string of the molecule is CNCC(O)C(O)c1cc(F)c(N)c([N+](=O)[O-])c1. The molecule has 0 amide bonds. The highest BCUT2D eigenvalue weighted by molar-refractivity contribution is 5.60. The zero-order valence-electron chi connectivity index (χ0n) is 9.63. The number of rotatable bonds is 5. The first-order valence-electron chi connectivity index (χ1n) is 5.12. The van der Waals surface area contributed by atoms with Crippen LogP contribution in [0, 0.1) is 15.9 Å². The van der Waals surface area contributed by atoms with Crippen molar-refractivity contribution in [2.75, 3.05) is 19.3 Å². The van der Waals surface area contributed by atoms with Gasteiger partial charge in [-0.05, 0) is 18.7 Å². The second-order valence-electron chi connectivity index (χ2n) is 3.76. The molecule has 0 bridgehead atoms. The van der Waals surface area contributed by atoms with Crippen LogP contribution < -0.4 is 11.1 Å². The second kappa shape index (κ2) is 5.71. The molecule has 2 atom stereocenters. The first kappa shape index (κ1) is 14.3. The predicted octanol–water partition coefficient (Wildman–Crippen LogP) is -0.0702. The van der Waals surface area contributed by atoms with E-state index in [9.17, 15) is 24.7 Å². The van der Waals surface area contributed by atoms with Crippen LogP contribution in [-0.4, -0.2) is 34.8 Å².